The van der Waals surface area contributed by atoms with Crippen molar-refractivity contribution in [2.75, 3.05) is 0 Å². The Labute approximate surface area is 93.0 Å². The van der Waals surface area contributed by atoms with Crippen LogP contribution in [0.4, 0.5) is 0 Å². The molecule has 1 saturated carbocycles. The lowest BCUT2D eigenvalue weighted by Gasteiger charge is -2.10. The van der Waals surface area contributed by atoms with Crippen molar-refractivity contribution in [2.45, 2.75) is 36.8 Å². The summed E-state index contributed by atoms with van der Waals surface area (Å²) in [6.45, 7) is 1.78. The van der Waals surface area contributed by atoms with Crippen LogP contribution in [0.3, 0.4) is 0 Å². The van der Waals surface area contributed by atoms with Crippen LogP contribution in [0.15, 0.2) is 16.3 Å². The normalized spacial score (nSPS) is 19.1. The molecule has 1 heterocycles. The van der Waals surface area contributed by atoms with Crippen molar-refractivity contribution in [1.82, 2.24) is 4.72 Å². The summed E-state index contributed by atoms with van der Waals surface area (Å²) < 4.78 is 26.3. The van der Waals surface area contributed by atoms with Crippen LogP contribution >= 0.6 is 11.3 Å². The van der Waals surface area contributed by atoms with E-state index in [1.807, 2.05) is 6.92 Å². The second-order valence-corrected chi connectivity index (χ2v) is 6.75. The van der Waals surface area contributed by atoms with Crippen molar-refractivity contribution in [2.24, 2.45) is 0 Å². The van der Waals surface area contributed by atoms with E-state index in [4.69, 9.17) is 5.11 Å². The highest BCUT2D eigenvalue weighted by molar-refractivity contribution is 7.89. The Morgan fingerprint density at radius 2 is 2.27 bits per heavy atom. The molecule has 0 aromatic carbocycles. The summed E-state index contributed by atoms with van der Waals surface area (Å²) in [6.07, 6.45) is 1.78. The minimum Gasteiger partial charge on any atom is -0.391 e. The molecule has 0 aliphatic heterocycles. The number of hydrogen-bond acceptors (Lipinski definition) is 4. The van der Waals surface area contributed by atoms with E-state index in [-0.39, 0.29) is 17.0 Å². The number of hydrogen-bond donors (Lipinski definition) is 2. The lowest BCUT2D eigenvalue weighted by atomic mass is 10.4. The zero-order valence-corrected chi connectivity index (χ0v) is 9.99. The highest BCUT2D eigenvalue weighted by atomic mass is 32.2. The predicted molar refractivity (Wildman–Crippen MR) is 58.2 cm³/mol. The smallest absolute Gasteiger partial charge is 0.241 e. The lowest BCUT2D eigenvalue weighted by molar-refractivity contribution is 0.285. The van der Waals surface area contributed by atoms with E-state index < -0.39 is 10.0 Å². The third kappa shape index (κ3) is 2.39. The van der Waals surface area contributed by atoms with Crippen molar-refractivity contribution in [1.29, 1.82) is 0 Å². The van der Waals surface area contributed by atoms with E-state index in [0.717, 1.165) is 12.8 Å². The van der Waals surface area contributed by atoms with Crippen molar-refractivity contribution in [3.63, 3.8) is 0 Å². The number of aliphatic hydroxyl groups excluding tert-OH is 1. The first-order chi connectivity index (χ1) is 6.95. The van der Waals surface area contributed by atoms with Gasteiger partial charge in [0, 0.05) is 15.8 Å². The molecule has 1 aromatic heterocycles. The van der Waals surface area contributed by atoms with Gasteiger partial charge < -0.3 is 5.11 Å². The molecule has 0 spiro atoms. The number of thiophene rings is 1. The molecule has 2 rings (SSSR count). The van der Waals surface area contributed by atoms with E-state index in [1.165, 1.54) is 17.4 Å². The molecular weight excluding hydrogens is 234 g/mol. The number of rotatable bonds is 4. The molecule has 6 heteroatoms. The van der Waals surface area contributed by atoms with E-state index in [9.17, 15) is 8.42 Å². The number of nitrogens with one attached hydrogen (secondary N) is 1. The maximum atomic E-state index is 11.8. The third-order valence-corrected chi connectivity index (χ3v) is 5.17. The standard InChI is InChI=1S/C9H13NO3S2/c1-9(2-3-9)10-15(12,13)8-4-7(5-11)14-6-8/h4,6,10-11H,2-3,5H2,1H3. The first kappa shape index (κ1) is 11.1. The van der Waals surface area contributed by atoms with Crippen molar-refractivity contribution in [3.8, 4) is 0 Å². The molecule has 0 amide bonds. The zero-order valence-electron chi connectivity index (χ0n) is 8.36. The van der Waals surface area contributed by atoms with E-state index >= 15 is 0 Å². The van der Waals surface area contributed by atoms with Gasteiger partial charge in [-0.3, -0.25) is 0 Å². The van der Waals surface area contributed by atoms with Crippen molar-refractivity contribution in [3.05, 3.63) is 16.3 Å². The minimum atomic E-state index is -3.40. The Hall–Kier alpha value is -0.430. The Kier molecular flexibility index (Phi) is 2.62. The van der Waals surface area contributed by atoms with Crippen LogP contribution in [0.2, 0.25) is 0 Å². The monoisotopic (exact) mass is 247 g/mol. The molecule has 0 unspecified atom stereocenters. The highest BCUT2D eigenvalue weighted by Crippen LogP contribution is 2.36. The van der Waals surface area contributed by atoms with Gasteiger partial charge in [-0.2, -0.15) is 0 Å². The van der Waals surface area contributed by atoms with Gasteiger partial charge in [0.15, 0.2) is 0 Å². The molecular formula is C9H13NO3S2. The summed E-state index contributed by atoms with van der Waals surface area (Å²) in [6, 6.07) is 1.51. The van der Waals surface area contributed by atoms with Crippen LogP contribution in [0.5, 0.6) is 0 Å². The predicted octanol–water partition coefficient (Wildman–Crippen LogP) is 1.07. The largest absolute Gasteiger partial charge is 0.391 e. The van der Waals surface area contributed by atoms with Gasteiger partial charge in [-0.1, -0.05) is 0 Å². The van der Waals surface area contributed by atoms with E-state index in [1.54, 1.807) is 5.38 Å². The molecule has 1 aliphatic rings. The maximum absolute atomic E-state index is 11.8. The Morgan fingerprint density at radius 3 is 2.73 bits per heavy atom. The summed E-state index contributed by atoms with van der Waals surface area (Å²) in [7, 11) is -3.40. The van der Waals surface area contributed by atoms with Gasteiger partial charge >= 0.3 is 0 Å². The fourth-order valence-corrected chi connectivity index (χ4v) is 3.86. The second kappa shape index (κ2) is 3.55. The molecule has 0 bridgehead atoms. The summed E-state index contributed by atoms with van der Waals surface area (Å²) in [5, 5.41) is 10.4. The van der Waals surface area contributed by atoms with Gasteiger partial charge in [0.25, 0.3) is 0 Å². The number of aliphatic hydroxyl groups is 1. The fourth-order valence-electron chi connectivity index (χ4n) is 1.26. The average Bonchev–Trinajstić information content (AvgIpc) is 2.71. The first-order valence-electron chi connectivity index (χ1n) is 4.67. The topological polar surface area (TPSA) is 66.4 Å². The van der Waals surface area contributed by atoms with Crippen LogP contribution in [-0.4, -0.2) is 19.1 Å². The quantitative estimate of drug-likeness (QED) is 0.836. The summed E-state index contributed by atoms with van der Waals surface area (Å²) >= 11 is 1.25. The van der Waals surface area contributed by atoms with Crippen LogP contribution < -0.4 is 4.72 Å². The van der Waals surface area contributed by atoms with Crippen LogP contribution in [-0.2, 0) is 16.6 Å². The van der Waals surface area contributed by atoms with Gasteiger partial charge in [0.05, 0.1) is 11.5 Å². The summed E-state index contributed by atoms with van der Waals surface area (Å²) in [5.41, 5.74) is -0.250. The van der Waals surface area contributed by atoms with Crippen molar-refractivity contribution >= 4 is 21.4 Å². The van der Waals surface area contributed by atoms with Gasteiger partial charge in [-0.15, -0.1) is 11.3 Å². The Balaban J connectivity index is 2.21. The van der Waals surface area contributed by atoms with E-state index in [0.29, 0.717) is 4.88 Å². The molecule has 1 aromatic rings. The van der Waals surface area contributed by atoms with Crippen LogP contribution in [0.25, 0.3) is 0 Å². The molecule has 4 nitrogen and oxygen atoms in total. The van der Waals surface area contributed by atoms with Gasteiger partial charge in [-0.25, -0.2) is 13.1 Å². The molecule has 84 valence electrons. The summed E-state index contributed by atoms with van der Waals surface area (Å²) in [5.74, 6) is 0. The van der Waals surface area contributed by atoms with E-state index in [2.05, 4.69) is 4.72 Å². The molecule has 2 N–H and O–H groups in total. The highest BCUT2D eigenvalue weighted by Gasteiger charge is 2.41. The summed E-state index contributed by atoms with van der Waals surface area (Å²) in [4.78, 5) is 0.918. The maximum Gasteiger partial charge on any atom is 0.241 e. The first-order valence-corrected chi connectivity index (χ1v) is 7.04. The SMILES string of the molecule is CC1(NS(=O)(=O)c2csc(CO)c2)CC1. The molecule has 0 radical (unpaired) electrons. The fraction of sp³-hybridized carbons (Fsp3) is 0.556. The molecule has 1 aliphatic carbocycles. The minimum absolute atomic E-state index is 0.114. The van der Waals surface area contributed by atoms with Gasteiger partial charge in [-0.05, 0) is 25.8 Å². The molecule has 1 fully saturated rings. The molecule has 0 saturated heterocycles. The molecule has 15 heavy (non-hydrogen) atoms. The van der Waals surface area contributed by atoms with Crippen LogP contribution in [0, 0.1) is 0 Å². The second-order valence-electron chi connectivity index (χ2n) is 4.07. The lowest BCUT2D eigenvalue weighted by Crippen LogP contribution is -2.33. The molecule has 0 atom stereocenters. The van der Waals surface area contributed by atoms with Crippen LogP contribution in [0.1, 0.15) is 24.6 Å². The Morgan fingerprint density at radius 1 is 1.60 bits per heavy atom. The average molecular weight is 247 g/mol. The van der Waals surface area contributed by atoms with Gasteiger partial charge in [0.2, 0.25) is 10.0 Å². The third-order valence-electron chi connectivity index (χ3n) is 2.48. The van der Waals surface area contributed by atoms with Gasteiger partial charge in [0.1, 0.15) is 0 Å². The zero-order chi connectivity index (χ0) is 11.1. The Bertz CT molecular complexity index is 459. The van der Waals surface area contributed by atoms with Crippen molar-refractivity contribution < 1.29 is 13.5 Å². The number of sulfonamides is 1.